The van der Waals surface area contributed by atoms with Crippen LogP contribution < -0.4 is 9.47 Å². The maximum Gasteiger partial charge on any atom is 0.261 e. The SMILES string of the molecule is COc1ccccc1OCC(=O)N1Cc2ccnn2CC[C@H]1CO. The van der Waals surface area contributed by atoms with E-state index in [-0.39, 0.29) is 25.2 Å². The molecular weight excluding hydrogens is 310 g/mol. The number of fused-ring (bicyclic) bond motifs is 1. The second-order valence-electron chi connectivity index (χ2n) is 5.63. The third-order valence-electron chi connectivity index (χ3n) is 4.20. The monoisotopic (exact) mass is 331 g/mol. The largest absolute Gasteiger partial charge is 0.493 e. The van der Waals surface area contributed by atoms with Gasteiger partial charge in [0, 0.05) is 12.7 Å². The van der Waals surface area contributed by atoms with Gasteiger partial charge in [0.2, 0.25) is 0 Å². The highest BCUT2D eigenvalue weighted by molar-refractivity contribution is 5.78. The molecule has 2 heterocycles. The standard InChI is InChI=1S/C17H21N3O4/c1-23-15-4-2-3-5-16(15)24-12-17(22)19-10-13-6-8-18-20(13)9-7-14(19)11-21/h2-6,8,14,21H,7,9-12H2,1H3/t14-/m0/s1. The van der Waals surface area contributed by atoms with Gasteiger partial charge in [-0.15, -0.1) is 0 Å². The Bertz CT molecular complexity index is 701. The summed E-state index contributed by atoms with van der Waals surface area (Å²) < 4.78 is 12.7. The van der Waals surface area contributed by atoms with Gasteiger partial charge in [0.15, 0.2) is 18.1 Å². The van der Waals surface area contributed by atoms with E-state index in [1.165, 1.54) is 0 Å². The van der Waals surface area contributed by atoms with Crippen LogP contribution in [-0.2, 0) is 17.9 Å². The number of aliphatic hydroxyl groups is 1. The van der Waals surface area contributed by atoms with E-state index >= 15 is 0 Å². The Balaban J connectivity index is 1.70. The van der Waals surface area contributed by atoms with E-state index in [2.05, 4.69) is 5.10 Å². The number of amides is 1. The molecule has 24 heavy (non-hydrogen) atoms. The molecule has 0 radical (unpaired) electrons. The fraction of sp³-hybridized carbons (Fsp3) is 0.412. The lowest BCUT2D eigenvalue weighted by atomic mass is 10.2. The predicted molar refractivity (Wildman–Crippen MR) is 86.8 cm³/mol. The molecule has 1 atom stereocenters. The number of ether oxygens (including phenoxy) is 2. The fourth-order valence-electron chi connectivity index (χ4n) is 2.87. The van der Waals surface area contributed by atoms with Crippen molar-refractivity contribution in [1.82, 2.24) is 14.7 Å². The maximum atomic E-state index is 12.6. The van der Waals surface area contributed by atoms with E-state index < -0.39 is 0 Å². The summed E-state index contributed by atoms with van der Waals surface area (Å²) in [4.78, 5) is 14.3. The maximum absolute atomic E-state index is 12.6. The predicted octanol–water partition coefficient (Wildman–Crippen LogP) is 1.06. The average molecular weight is 331 g/mol. The van der Waals surface area contributed by atoms with Gasteiger partial charge in [-0.2, -0.15) is 5.10 Å². The van der Waals surface area contributed by atoms with Gasteiger partial charge in [-0.25, -0.2) is 0 Å². The van der Waals surface area contributed by atoms with Crippen molar-refractivity contribution in [2.24, 2.45) is 0 Å². The second-order valence-corrected chi connectivity index (χ2v) is 5.63. The summed E-state index contributed by atoms with van der Waals surface area (Å²) in [6.45, 7) is 0.917. The number of aromatic nitrogens is 2. The van der Waals surface area contributed by atoms with Crippen molar-refractivity contribution >= 4 is 5.91 Å². The Kier molecular flexibility index (Phi) is 5.00. The molecule has 1 N–H and O–H groups in total. The number of aryl methyl sites for hydroxylation is 1. The highest BCUT2D eigenvalue weighted by Crippen LogP contribution is 2.26. The fourth-order valence-corrected chi connectivity index (χ4v) is 2.87. The minimum Gasteiger partial charge on any atom is -0.493 e. The van der Waals surface area contributed by atoms with Crippen molar-refractivity contribution in [3.63, 3.8) is 0 Å². The number of hydrogen-bond donors (Lipinski definition) is 1. The summed E-state index contributed by atoms with van der Waals surface area (Å²) in [7, 11) is 1.56. The van der Waals surface area contributed by atoms with E-state index in [1.807, 2.05) is 22.9 Å². The highest BCUT2D eigenvalue weighted by Gasteiger charge is 2.28. The molecule has 2 aromatic rings. The van der Waals surface area contributed by atoms with Crippen LogP contribution in [0.4, 0.5) is 0 Å². The van der Waals surface area contributed by atoms with E-state index in [4.69, 9.17) is 9.47 Å². The Hall–Kier alpha value is -2.54. The van der Waals surface area contributed by atoms with Crippen LogP contribution in [0.5, 0.6) is 11.5 Å². The van der Waals surface area contributed by atoms with Crippen LogP contribution >= 0.6 is 0 Å². The topological polar surface area (TPSA) is 76.8 Å². The number of nitrogens with zero attached hydrogens (tertiary/aromatic N) is 3. The van der Waals surface area contributed by atoms with E-state index in [9.17, 15) is 9.90 Å². The van der Waals surface area contributed by atoms with Gasteiger partial charge >= 0.3 is 0 Å². The third kappa shape index (κ3) is 3.35. The molecule has 1 aliphatic rings. The number of rotatable bonds is 5. The molecule has 3 rings (SSSR count). The number of para-hydroxylation sites is 2. The zero-order valence-electron chi connectivity index (χ0n) is 13.6. The Morgan fingerprint density at radius 3 is 2.88 bits per heavy atom. The molecule has 0 saturated heterocycles. The van der Waals surface area contributed by atoms with E-state index in [0.717, 1.165) is 5.69 Å². The third-order valence-corrected chi connectivity index (χ3v) is 4.20. The van der Waals surface area contributed by atoms with Crippen LogP contribution in [0.25, 0.3) is 0 Å². The van der Waals surface area contributed by atoms with Crippen molar-refractivity contribution < 1.29 is 19.4 Å². The number of aliphatic hydroxyl groups excluding tert-OH is 1. The van der Waals surface area contributed by atoms with Gasteiger partial charge in [-0.05, 0) is 24.6 Å². The first-order valence-electron chi connectivity index (χ1n) is 7.89. The molecular formula is C17H21N3O4. The smallest absolute Gasteiger partial charge is 0.261 e. The lowest BCUT2D eigenvalue weighted by molar-refractivity contribution is -0.137. The molecule has 0 unspecified atom stereocenters. The Morgan fingerprint density at radius 2 is 2.12 bits per heavy atom. The van der Waals surface area contributed by atoms with Crippen LogP contribution in [0, 0.1) is 0 Å². The van der Waals surface area contributed by atoms with Gasteiger partial charge in [0.25, 0.3) is 5.91 Å². The average Bonchev–Trinajstić information content (AvgIpc) is 2.99. The summed E-state index contributed by atoms with van der Waals surface area (Å²) in [5.74, 6) is 0.932. The quantitative estimate of drug-likeness (QED) is 0.887. The molecule has 1 aliphatic heterocycles. The van der Waals surface area contributed by atoms with Crippen molar-refractivity contribution in [2.45, 2.75) is 25.6 Å². The molecule has 1 aromatic carbocycles. The van der Waals surface area contributed by atoms with Gasteiger partial charge in [0.05, 0.1) is 32.0 Å². The molecule has 1 amide bonds. The van der Waals surface area contributed by atoms with E-state index in [0.29, 0.717) is 31.0 Å². The summed E-state index contributed by atoms with van der Waals surface area (Å²) in [5, 5.41) is 13.9. The molecule has 0 spiro atoms. The van der Waals surface area contributed by atoms with Crippen molar-refractivity contribution in [3.05, 3.63) is 42.2 Å². The Labute approximate surface area is 140 Å². The zero-order chi connectivity index (χ0) is 16.9. The zero-order valence-corrected chi connectivity index (χ0v) is 13.6. The van der Waals surface area contributed by atoms with Crippen LogP contribution in [0.1, 0.15) is 12.1 Å². The highest BCUT2D eigenvalue weighted by atomic mass is 16.5. The normalized spacial score (nSPS) is 17.1. The summed E-state index contributed by atoms with van der Waals surface area (Å²) in [5.41, 5.74) is 0.955. The molecule has 7 nitrogen and oxygen atoms in total. The van der Waals surface area contributed by atoms with Crippen LogP contribution in [0.2, 0.25) is 0 Å². The summed E-state index contributed by atoms with van der Waals surface area (Å²) >= 11 is 0. The number of methoxy groups -OCH3 is 1. The Morgan fingerprint density at radius 1 is 1.33 bits per heavy atom. The molecule has 0 bridgehead atoms. The van der Waals surface area contributed by atoms with Gasteiger partial charge in [0.1, 0.15) is 0 Å². The number of benzene rings is 1. The van der Waals surface area contributed by atoms with Gasteiger partial charge in [-0.3, -0.25) is 9.48 Å². The number of hydrogen-bond acceptors (Lipinski definition) is 5. The van der Waals surface area contributed by atoms with Crippen LogP contribution in [0.3, 0.4) is 0 Å². The van der Waals surface area contributed by atoms with Crippen molar-refractivity contribution in [3.8, 4) is 11.5 Å². The summed E-state index contributed by atoms with van der Waals surface area (Å²) in [6, 6.07) is 8.85. The minimum absolute atomic E-state index is 0.0781. The van der Waals surface area contributed by atoms with Gasteiger partial charge < -0.3 is 19.5 Å². The number of carbonyl (C=O) groups excluding carboxylic acids is 1. The van der Waals surface area contributed by atoms with Crippen molar-refractivity contribution in [2.75, 3.05) is 20.3 Å². The van der Waals surface area contributed by atoms with Crippen molar-refractivity contribution in [1.29, 1.82) is 0 Å². The first-order chi connectivity index (χ1) is 11.7. The molecule has 7 heteroatoms. The lowest BCUT2D eigenvalue weighted by Gasteiger charge is -2.28. The summed E-state index contributed by atoms with van der Waals surface area (Å²) in [6.07, 6.45) is 2.38. The molecule has 128 valence electrons. The van der Waals surface area contributed by atoms with Crippen LogP contribution in [-0.4, -0.2) is 52.1 Å². The minimum atomic E-state index is -0.236. The molecule has 0 fully saturated rings. The van der Waals surface area contributed by atoms with E-state index in [1.54, 1.807) is 30.3 Å². The second kappa shape index (κ2) is 7.35. The molecule has 0 aliphatic carbocycles. The molecule has 1 aromatic heterocycles. The number of carbonyl (C=O) groups is 1. The van der Waals surface area contributed by atoms with Gasteiger partial charge in [-0.1, -0.05) is 12.1 Å². The first-order valence-corrected chi connectivity index (χ1v) is 7.89. The lowest BCUT2D eigenvalue weighted by Crippen LogP contribution is -2.43. The van der Waals surface area contributed by atoms with Crippen LogP contribution in [0.15, 0.2) is 36.5 Å². The molecule has 0 saturated carbocycles. The first kappa shape index (κ1) is 16.3.